The van der Waals surface area contributed by atoms with Gasteiger partial charge in [-0.15, -0.1) is 0 Å². The molecule has 0 N–H and O–H groups in total. The van der Waals surface area contributed by atoms with Gasteiger partial charge in [0.1, 0.15) is 11.9 Å². The molecule has 0 saturated carbocycles. The zero-order valence-electron chi connectivity index (χ0n) is 11.9. The number of nitrogens with zero attached hydrogens (tertiary/aromatic N) is 1. The zero-order chi connectivity index (χ0) is 13.8. The van der Waals surface area contributed by atoms with Crippen molar-refractivity contribution in [2.75, 3.05) is 20.1 Å². The molecule has 1 aliphatic rings. The van der Waals surface area contributed by atoms with Crippen molar-refractivity contribution < 1.29 is 4.74 Å². The fraction of sp³-hybridized carbons (Fsp3) is 0.333. The van der Waals surface area contributed by atoms with E-state index in [2.05, 4.69) is 42.3 Å². The molecule has 0 unspecified atom stereocenters. The van der Waals surface area contributed by atoms with E-state index in [9.17, 15) is 0 Å². The maximum absolute atomic E-state index is 6.24. The molecule has 0 bridgehead atoms. The third kappa shape index (κ3) is 3.02. The Labute approximate surface area is 121 Å². The van der Waals surface area contributed by atoms with Crippen molar-refractivity contribution in [2.24, 2.45) is 0 Å². The number of hydrogen-bond donors (Lipinski definition) is 0. The highest BCUT2D eigenvalue weighted by molar-refractivity contribution is 5.25. The predicted octanol–water partition coefficient (Wildman–Crippen LogP) is 3.55. The van der Waals surface area contributed by atoms with Crippen LogP contribution in [0.3, 0.4) is 0 Å². The predicted molar refractivity (Wildman–Crippen MR) is 82.2 cm³/mol. The quantitative estimate of drug-likeness (QED) is 0.843. The van der Waals surface area contributed by atoms with Crippen LogP contribution in [0.4, 0.5) is 0 Å². The number of para-hydroxylation sites is 1. The Balaban J connectivity index is 1.80. The first kappa shape index (κ1) is 13.2. The minimum atomic E-state index is 0.260. The van der Waals surface area contributed by atoms with Crippen molar-refractivity contribution in [1.82, 2.24) is 4.90 Å². The van der Waals surface area contributed by atoms with E-state index >= 15 is 0 Å². The van der Waals surface area contributed by atoms with E-state index in [4.69, 9.17) is 4.74 Å². The highest BCUT2D eigenvalue weighted by Crippen LogP contribution is 2.30. The van der Waals surface area contributed by atoms with Gasteiger partial charge in [-0.3, -0.25) is 0 Å². The molecule has 2 aromatic rings. The molecule has 0 spiro atoms. The van der Waals surface area contributed by atoms with Crippen LogP contribution in [0.15, 0.2) is 60.7 Å². The summed E-state index contributed by atoms with van der Waals surface area (Å²) < 4.78 is 6.24. The number of benzene rings is 2. The van der Waals surface area contributed by atoms with Gasteiger partial charge in [0.05, 0.1) is 0 Å². The minimum absolute atomic E-state index is 0.260. The van der Waals surface area contributed by atoms with E-state index in [1.165, 1.54) is 5.56 Å². The van der Waals surface area contributed by atoms with Gasteiger partial charge in [-0.05, 0) is 31.2 Å². The van der Waals surface area contributed by atoms with Crippen molar-refractivity contribution in [3.05, 3.63) is 66.2 Å². The maximum Gasteiger partial charge on any atom is 0.119 e. The van der Waals surface area contributed by atoms with E-state index < -0.39 is 0 Å². The number of rotatable bonds is 3. The van der Waals surface area contributed by atoms with Crippen molar-refractivity contribution in [3.63, 3.8) is 0 Å². The molecular formula is C18H21NO. The van der Waals surface area contributed by atoms with Crippen LogP contribution in [0, 0.1) is 0 Å². The molecule has 0 radical (unpaired) electrons. The Bertz CT molecular complexity index is 526. The highest BCUT2D eigenvalue weighted by atomic mass is 16.5. The SMILES string of the molecule is CN1CC[C@H](Oc2ccccc2)[C@@H](c2ccccc2)C1. The van der Waals surface area contributed by atoms with Crippen LogP contribution < -0.4 is 4.74 Å². The van der Waals surface area contributed by atoms with Crippen LogP contribution in [0.25, 0.3) is 0 Å². The topological polar surface area (TPSA) is 12.5 Å². The summed E-state index contributed by atoms with van der Waals surface area (Å²) in [5.41, 5.74) is 1.37. The molecule has 0 aromatic heterocycles. The molecular weight excluding hydrogens is 246 g/mol. The molecule has 1 saturated heterocycles. The van der Waals surface area contributed by atoms with Gasteiger partial charge in [0.2, 0.25) is 0 Å². The summed E-state index contributed by atoms with van der Waals surface area (Å²) >= 11 is 0. The molecule has 2 heteroatoms. The van der Waals surface area contributed by atoms with Crippen molar-refractivity contribution in [3.8, 4) is 5.75 Å². The van der Waals surface area contributed by atoms with Crippen LogP contribution in [0.5, 0.6) is 5.75 Å². The largest absolute Gasteiger partial charge is 0.490 e. The van der Waals surface area contributed by atoms with Crippen LogP contribution in [0.1, 0.15) is 17.9 Å². The highest BCUT2D eigenvalue weighted by Gasteiger charge is 2.30. The third-order valence-electron chi connectivity index (χ3n) is 4.01. The Kier molecular flexibility index (Phi) is 4.03. The first-order valence-corrected chi connectivity index (χ1v) is 7.28. The lowest BCUT2D eigenvalue weighted by atomic mass is 9.88. The summed E-state index contributed by atoms with van der Waals surface area (Å²) in [6, 6.07) is 20.9. The maximum atomic E-state index is 6.24. The smallest absolute Gasteiger partial charge is 0.119 e. The summed E-state index contributed by atoms with van der Waals surface area (Å²) in [4.78, 5) is 2.39. The fourth-order valence-corrected chi connectivity index (χ4v) is 2.93. The summed E-state index contributed by atoms with van der Waals surface area (Å²) in [6.45, 7) is 2.16. The Hall–Kier alpha value is -1.80. The molecule has 0 amide bonds. The lowest BCUT2D eigenvalue weighted by molar-refractivity contribution is 0.0902. The molecule has 1 aliphatic heterocycles. The lowest BCUT2D eigenvalue weighted by Crippen LogP contribution is -2.42. The van der Waals surface area contributed by atoms with Crippen LogP contribution in [-0.2, 0) is 0 Å². The van der Waals surface area contributed by atoms with Gasteiger partial charge in [0.25, 0.3) is 0 Å². The second-order valence-electron chi connectivity index (χ2n) is 5.54. The minimum Gasteiger partial charge on any atom is -0.490 e. The molecule has 2 nitrogen and oxygen atoms in total. The van der Waals surface area contributed by atoms with Crippen molar-refractivity contribution in [2.45, 2.75) is 18.4 Å². The Morgan fingerprint density at radius 2 is 1.60 bits per heavy atom. The fourth-order valence-electron chi connectivity index (χ4n) is 2.93. The Morgan fingerprint density at radius 1 is 0.950 bits per heavy atom. The normalized spacial score (nSPS) is 23.4. The Morgan fingerprint density at radius 3 is 2.30 bits per heavy atom. The number of piperidine rings is 1. The van der Waals surface area contributed by atoms with E-state index in [1.54, 1.807) is 0 Å². The van der Waals surface area contributed by atoms with Gasteiger partial charge in [-0.1, -0.05) is 48.5 Å². The van der Waals surface area contributed by atoms with Gasteiger partial charge >= 0.3 is 0 Å². The molecule has 1 fully saturated rings. The van der Waals surface area contributed by atoms with Crippen LogP contribution >= 0.6 is 0 Å². The number of hydrogen-bond acceptors (Lipinski definition) is 2. The monoisotopic (exact) mass is 267 g/mol. The number of likely N-dealkylation sites (tertiary alicyclic amines) is 1. The average molecular weight is 267 g/mol. The first-order valence-electron chi connectivity index (χ1n) is 7.28. The zero-order valence-corrected chi connectivity index (χ0v) is 11.9. The van der Waals surface area contributed by atoms with Gasteiger partial charge < -0.3 is 9.64 Å². The molecule has 3 rings (SSSR count). The van der Waals surface area contributed by atoms with E-state index in [-0.39, 0.29) is 6.10 Å². The number of ether oxygens (including phenoxy) is 1. The van der Waals surface area contributed by atoms with Crippen LogP contribution in [-0.4, -0.2) is 31.1 Å². The lowest BCUT2D eigenvalue weighted by Gasteiger charge is -2.37. The van der Waals surface area contributed by atoms with Gasteiger partial charge in [-0.2, -0.15) is 0 Å². The molecule has 0 aliphatic carbocycles. The van der Waals surface area contributed by atoms with Crippen molar-refractivity contribution in [1.29, 1.82) is 0 Å². The second kappa shape index (κ2) is 6.10. The average Bonchev–Trinajstić information content (AvgIpc) is 2.51. The standard InChI is InChI=1S/C18H21NO/c1-19-13-12-18(20-16-10-6-3-7-11-16)17(14-19)15-8-4-2-5-9-15/h2-11,17-18H,12-14H2,1H3/t17-,18+/m1/s1. The van der Waals surface area contributed by atoms with Gasteiger partial charge in [0.15, 0.2) is 0 Å². The molecule has 20 heavy (non-hydrogen) atoms. The molecule has 1 heterocycles. The third-order valence-corrected chi connectivity index (χ3v) is 4.01. The summed E-state index contributed by atoms with van der Waals surface area (Å²) in [5.74, 6) is 1.41. The van der Waals surface area contributed by atoms with Gasteiger partial charge in [-0.25, -0.2) is 0 Å². The van der Waals surface area contributed by atoms with E-state index in [1.807, 2.05) is 30.3 Å². The summed E-state index contributed by atoms with van der Waals surface area (Å²) in [6.07, 6.45) is 1.33. The van der Waals surface area contributed by atoms with E-state index in [0.717, 1.165) is 25.3 Å². The first-order chi connectivity index (χ1) is 9.83. The van der Waals surface area contributed by atoms with E-state index in [0.29, 0.717) is 5.92 Å². The molecule has 104 valence electrons. The van der Waals surface area contributed by atoms with Crippen molar-refractivity contribution >= 4 is 0 Å². The summed E-state index contributed by atoms with van der Waals surface area (Å²) in [7, 11) is 2.19. The summed E-state index contributed by atoms with van der Waals surface area (Å²) in [5, 5.41) is 0. The van der Waals surface area contributed by atoms with Crippen LogP contribution in [0.2, 0.25) is 0 Å². The van der Waals surface area contributed by atoms with Gasteiger partial charge in [0, 0.05) is 19.0 Å². The molecule has 2 aromatic carbocycles. The second-order valence-corrected chi connectivity index (χ2v) is 5.54. The molecule has 2 atom stereocenters. The number of likely N-dealkylation sites (N-methyl/N-ethyl adjacent to an activating group) is 1.